The number of benzene rings is 1. The number of carbonyl (C=O) groups excluding carboxylic acids is 4. The molecule has 310 valence electrons. The average molecular weight is 796 g/mol. The number of aliphatic hydroxyl groups is 2. The number of aliphatic hydroxyl groups excluding tert-OH is 2. The summed E-state index contributed by atoms with van der Waals surface area (Å²) in [7, 11) is 1.43. The molecule has 9 atom stereocenters. The van der Waals surface area contributed by atoms with Gasteiger partial charge >= 0.3 is 5.97 Å². The number of hydrogen-bond acceptors (Lipinski definition) is 15. The van der Waals surface area contributed by atoms with Crippen LogP contribution in [-0.4, -0.2) is 118 Å². The smallest absolute Gasteiger partial charge is 0.302 e. The number of nitrogens with zero attached hydrogens (tertiary/aromatic N) is 2. The van der Waals surface area contributed by atoms with E-state index in [2.05, 4.69) is 10.5 Å². The van der Waals surface area contributed by atoms with Crippen LogP contribution in [0.15, 0.2) is 52.7 Å². The average Bonchev–Trinajstić information content (AvgIpc) is 3.48. The van der Waals surface area contributed by atoms with E-state index in [0.29, 0.717) is 0 Å². The van der Waals surface area contributed by atoms with Crippen LogP contribution in [0.3, 0.4) is 0 Å². The van der Waals surface area contributed by atoms with E-state index in [0.717, 1.165) is 0 Å². The highest BCUT2D eigenvalue weighted by molar-refractivity contribution is 6.33. The number of fused-ring (bicyclic) bond motifs is 14. The number of amides is 1. The summed E-state index contributed by atoms with van der Waals surface area (Å²) in [6.45, 7) is 13.4. The molecular formula is C41H53N3O13. The van der Waals surface area contributed by atoms with Gasteiger partial charge in [0.25, 0.3) is 11.7 Å². The summed E-state index contributed by atoms with van der Waals surface area (Å²) in [6.07, 6.45) is 3.54. The molecule has 5 aliphatic rings. The molecule has 0 saturated carbocycles. The highest BCUT2D eigenvalue weighted by atomic mass is 16.7. The van der Waals surface area contributed by atoms with Crippen LogP contribution in [0.4, 0.5) is 0 Å². The van der Waals surface area contributed by atoms with Crippen molar-refractivity contribution in [1.82, 2.24) is 10.2 Å². The maximum Gasteiger partial charge on any atom is 0.302 e. The zero-order valence-corrected chi connectivity index (χ0v) is 33.7. The Morgan fingerprint density at radius 3 is 2.25 bits per heavy atom. The van der Waals surface area contributed by atoms with E-state index in [1.807, 2.05) is 0 Å². The number of ether oxygens (including phenoxy) is 5. The number of oxime groups is 1. The van der Waals surface area contributed by atoms with Gasteiger partial charge in [-0.2, -0.15) is 0 Å². The second kappa shape index (κ2) is 17.2. The Balaban J connectivity index is 1.69. The Kier molecular flexibility index (Phi) is 13.0. The molecule has 1 aliphatic carbocycles. The van der Waals surface area contributed by atoms with Crippen molar-refractivity contribution >= 4 is 29.2 Å². The lowest BCUT2D eigenvalue weighted by Crippen LogP contribution is -2.46. The highest BCUT2D eigenvalue weighted by Crippen LogP contribution is 2.49. The summed E-state index contributed by atoms with van der Waals surface area (Å²) in [5, 5.41) is 51.0. The number of esters is 1. The number of aromatic hydroxyl groups is 1. The third-order valence-corrected chi connectivity index (χ3v) is 11.4. The number of morpholine rings is 1. The molecule has 1 saturated heterocycles. The molecule has 57 heavy (non-hydrogen) atoms. The molecule has 0 spiro atoms. The van der Waals surface area contributed by atoms with Gasteiger partial charge in [-0.3, -0.25) is 19.2 Å². The zero-order chi connectivity index (χ0) is 42.1. The van der Waals surface area contributed by atoms with Gasteiger partial charge in [-0.25, -0.2) is 0 Å². The number of allylic oxidation sites excluding steroid dienone is 4. The monoisotopic (exact) mass is 795 g/mol. The van der Waals surface area contributed by atoms with Crippen molar-refractivity contribution in [3.8, 4) is 11.5 Å². The van der Waals surface area contributed by atoms with Crippen LogP contribution in [0.2, 0.25) is 0 Å². The summed E-state index contributed by atoms with van der Waals surface area (Å²) < 4.78 is 29.3. The number of carbonyl (C=O) groups is 4. The molecule has 1 aromatic rings. The second-order valence-electron chi connectivity index (χ2n) is 15.2. The molecule has 0 aromatic heterocycles. The molecule has 1 aromatic carbocycles. The SMILES string of the molecule is CO[C@H]1/C=C/O[C@@]2(C)Oc3c(C)c(O)c4c(c3/C2=N/O)C(=O)C(N2CCOCC2)=C(NC(=O)/C(C)=C\C=C\[C@H](C)[C@H](O)[C@@H](C)[C@@H](O)[C@@H](C)[C@H](OC(C)=O)[C@@H]1C)C4=O. The maximum absolute atomic E-state index is 14.8. The quantitative estimate of drug-likeness (QED) is 0.168. The molecule has 5 N–H and O–H groups in total. The molecule has 16 nitrogen and oxygen atoms in total. The minimum absolute atomic E-state index is 0.0419. The van der Waals surface area contributed by atoms with Crippen LogP contribution in [0.5, 0.6) is 11.5 Å². The van der Waals surface area contributed by atoms with E-state index in [9.17, 15) is 39.7 Å². The largest absolute Gasteiger partial charge is 0.507 e. The predicted octanol–water partition coefficient (Wildman–Crippen LogP) is 3.29. The fraction of sp³-hybridized carbons (Fsp3) is 0.537. The molecule has 6 rings (SSSR count). The Morgan fingerprint density at radius 2 is 1.63 bits per heavy atom. The van der Waals surface area contributed by atoms with E-state index in [1.165, 1.54) is 53.2 Å². The number of nitrogens with one attached hydrogen (secondary N) is 1. The number of hydrogen-bond donors (Lipinski definition) is 5. The maximum atomic E-state index is 14.8. The first kappa shape index (κ1) is 43.1. The lowest BCUT2D eigenvalue weighted by atomic mass is 9.78. The van der Waals surface area contributed by atoms with Gasteiger partial charge in [0.05, 0.1) is 54.5 Å². The summed E-state index contributed by atoms with van der Waals surface area (Å²) in [6, 6.07) is 0. The van der Waals surface area contributed by atoms with Crippen LogP contribution in [0.25, 0.3) is 0 Å². The minimum atomic E-state index is -1.92. The van der Waals surface area contributed by atoms with Crippen LogP contribution >= 0.6 is 0 Å². The van der Waals surface area contributed by atoms with Crippen LogP contribution in [0.1, 0.15) is 80.3 Å². The van der Waals surface area contributed by atoms with Crippen molar-refractivity contribution in [2.24, 2.45) is 28.8 Å². The lowest BCUT2D eigenvalue weighted by molar-refractivity contribution is -0.160. The molecule has 0 unspecified atom stereocenters. The first-order valence-corrected chi connectivity index (χ1v) is 18.9. The third-order valence-electron chi connectivity index (χ3n) is 11.4. The van der Waals surface area contributed by atoms with Crippen molar-refractivity contribution in [3.63, 3.8) is 0 Å². The molecule has 1 fully saturated rings. The van der Waals surface area contributed by atoms with Crippen LogP contribution in [0, 0.1) is 30.6 Å². The van der Waals surface area contributed by atoms with Gasteiger partial charge in [-0.1, -0.05) is 51.1 Å². The van der Waals surface area contributed by atoms with E-state index in [-0.39, 0.29) is 71.4 Å². The first-order valence-electron chi connectivity index (χ1n) is 18.9. The van der Waals surface area contributed by atoms with Gasteiger partial charge < -0.3 is 54.4 Å². The summed E-state index contributed by atoms with van der Waals surface area (Å²) in [5.74, 6) is -7.96. The molecule has 4 aliphatic heterocycles. The summed E-state index contributed by atoms with van der Waals surface area (Å²) in [4.78, 5) is 56.9. The zero-order valence-electron chi connectivity index (χ0n) is 33.7. The van der Waals surface area contributed by atoms with Crippen molar-refractivity contribution in [2.75, 3.05) is 33.4 Å². The van der Waals surface area contributed by atoms with Gasteiger partial charge in [-0.15, -0.1) is 0 Å². The number of ketones is 2. The van der Waals surface area contributed by atoms with E-state index in [1.54, 1.807) is 44.7 Å². The lowest BCUT2D eigenvalue weighted by Gasteiger charge is -2.38. The molecule has 4 heterocycles. The Bertz CT molecular complexity index is 1940. The molecule has 1 amide bonds. The third kappa shape index (κ3) is 8.08. The Hall–Kier alpha value is -5.03. The van der Waals surface area contributed by atoms with Crippen LogP contribution in [-0.2, 0) is 28.5 Å². The number of phenolic OH excluding ortho intramolecular Hbond substituents is 1. The van der Waals surface area contributed by atoms with E-state index >= 15 is 0 Å². The molecule has 0 radical (unpaired) electrons. The fourth-order valence-electron chi connectivity index (χ4n) is 7.92. The van der Waals surface area contributed by atoms with Crippen molar-refractivity contribution in [1.29, 1.82) is 0 Å². The number of methoxy groups -OCH3 is 1. The first-order chi connectivity index (χ1) is 26.9. The Labute approximate surface area is 331 Å². The molecular weight excluding hydrogens is 742 g/mol. The van der Waals surface area contributed by atoms with Gasteiger partial charge in [0, 0.05) is 68.9 Å². The van der Waals surface area contributed by atoms with Gasteiger partial charge in [-0.05, 0) is 19.9 Å². The van der Waals surface area contributed by atoms with Crippen LogP contribution < -0.4 is 10.1 Å². The predicted molar refractivity (Wildman–Crippen MR) is 205 cm³/mol. The Morgan fingerprint density at radius 1 is 0.965 bits per heavy atom. The minimum Gasteiger partial charge on any atom is -0.507 e. The number of Topliss-reactive ketones (excluding diaryl/α,β-unsaturated/α-hetero) is 2. The van der Waals surface area contributed by atoms with Crippen molar-refractivity contribution in [2.45, 2.75) is 85.6 Å². The standard InChI is InChI=1S/C41H53N3O13/c1-19-11-10-12-20(2)40(51)42-30-31(44-14-17-54-18-15-44)36(50)27-28(35(30)49)34(48)24(6)38-29(27)39(43-52)41(8,57-38)55-16-13-26(53-9)21(3)37(56-25(7)45)23(5)33(47)22(4)32(19)46/h10-13,16,19,21-23,26,32-33,37,46-48,52H,14-15,17-18H2,1-9H3,(H,42,51)/b11-10+,16-13+,20-12-,43-39-/t19-,21+,22+,23+,26-,32-,33+,37+,41-/m0/s1. The van der Waals surface area contributed by atoms with Gasteiger partial charge in [0.1, 0.15) is 29.0 Å². The topological polar surface area (TPSA) is 223 Å². The van der Waals surface area contributed by atoms with Gasteiger partial charge in [0.15, 0.2) is 5.71 Å². The normalized spacial score (nSPS) is 34.2. The second-order valence-corrected chi connectivity index (χ2v) is 15.2. The highest BCUT2D eigenvalue weighted by Gasteiger charge is 2.52. The van der Waals surface area contributed by atoms with E-state index < -0.39 is 88.6 Å². The molecule has 5 bridgehead atoms. The van der Waals surface area contributed by atoms with Crippen molar-refractivity contribution < 1.29 is 63.4 Å². The van der Waals surface area contributed by atoms with Crippen molar-refractivity contribution in [3.05, 3.63) is 69.8 Å². The molecule has 16 heteroatoms. The summed E-state index contributed by atoms with van der Waals surface area (Å²) >= 11 is 0. The summed E-state index contributed by atoms with van der Waals surface area (Å²) in [5.41, 5.74) is -1.38. The van der Waals surface area contributed by atoms with Gasteiger partial charge in [0.2, 0.25) is 11.6 Å². The fourth-order valence-corrected chi connectivity index (χ4v) is 7.92. The number of phenols is 1. The number of rotatable bonds is 3. The van der Waals surface area contributed by atoms with E-state index in [4.69, 9.17) is 23.7 Å².